The molecule has 216 valence electrons. The van der Waals surface area contributed by atoms with Gasteiger partial charge in [0.15, 0.2) is 33.3 Å². The summed E-state index contributed by atoms with van der Waals surface area (Å²) < 4.78 is 23.7. The predicted octanol–water partition coefficient (Wildman–Crippen LogP) is 7.10. The summed E-state index contributed by atoms with van der Waals surface area (Å²) in [4.78, 5) is 11.9. The van der Waals surface area contributed by atoms with Gasteiger partial charge in [0.05, 0.1) is 13.2 Å². The molecule has 36 heavy (non-hydrogen) atoms. The predicted molar refractivity (Wildman–Crippen MR) is 160 cm³/mol. The molecule has 0 aliphatic rings. The number of carbonyl (C=O) groups is 1. The Morgan fingerprint density at radius 2 is 0.778 bits per heavy atom. The molecular formula is C25H58O7Si4. The van der Waals surface area contributed by atoms with Gasteiger partial charge in [0.25, 0.3) is 0 Å². The van der Waals surface area contributed by atoms with Crippen molar-refractivity contribution in [2.45, 2.75) is 128 Å². The fraction of sp³-hybridized carbons (Fsp3) is 0.960. The van der Waals surface area contributed by atoms with Gasteiger partial charge in [-0.3, -0.25) is 0 Å². The molecule has 0 radical (unpaired) electrons. The SMILES string of the molecule is C[Si](C)(CCCCO)O[Si](C)(C)CCCCOC(=O)OCCCC[Si](C)(C)O[Si](C)(C)CCCCO. The molecule has 0 saturated heterocycles. The molecule has 0 aromatic rings. The molecular weight excluding hydrogens is 525 g/mol. The highest BCUT2D eigenvalue weighted by molar-refractivity contribution is 6.85. The molecule has 0 spiro atoms. The van der Waals surface area contributed by atoms with Crippen LogP contribution in [-0.2, 0) is 17.7 Å². The van der Waals surface area contributed by atoms with E-state index in [9.17, 15) is 4.79 Å². The molecule has 2 N–H and O–H groups in total. The van der Waals surface area contributed by atoms with Gasteiger partial charge in [-0.1, -0.05) is 25.7 Å². The first-order valence-corrected chi connectivity index (χ1v) is 26.5. The standard InChI is InChI=1S/C25H58O7Si4/c1-33(2,21-13-9-17-26)31-35(5,6)23-15-11-19-29-25(28)30-20-12-16-24-36(7,8)32-34(3,4)22-14-10-18-27/h26-27H,9-24H2,1-8H3. The highest BCUT2D eigenvalue weighted by Crippen LogP contribution is 2.26. The van der Waals surface area contributed by atoms with Crippen LogP contribution < -0.4 is 0 Å². The van der Waals surface area contributed by atoms with Crippen LogP contribution in [0.15, 0.2) is 0 Å². The maximum Gasteiger partial charge on any atom is 0.508 e. The lowest BCUT2D eigenvalue weighted by atomic mass is 10.3. The van der Waals surface area contributed by atoms with Crippen LogP contribution >= 0.6 is 0 Å². The first-order chi connectivity index (χ1) is 16.6. The average Bonchev–Trinajstić information content (AvgIpc) is 2.71. The van der Waals surface area contributed by atoms with Crippen LogP contribution in [0.2, 0.25) is 76.6 Å². The molecule has 7 nitrogen and oxygen atoms in total. The zero-order valence-corrected chi connectivity index (χ0v) is 28.7. The number of hydrogen-bond acceptors (Lipinski definition) is 7. The Morgan fingerprint density at radius 1 is 0.500 bits per heavy atom. The summed E-state index contributed by atoms with van der Waals surface area (Å²) in [6.07, 6.45) is 6.87. The average molecular weight is 583 g/mol. The van der Waals surface area contributed by atoms with Crippen LogP contribution in [-0.4, -0.2) is 76.1 Å². The minimum absolute atomic E-state index is 0.259. The Bertz CT molecular complexity index is 539. The van der Waals surface area contributed by atoms with Crippen LogP contribution in [0, 0.1) is 0 Å². The Kier molecular flexibility index (Phi) is 18.3. The largest absolute Gasteiger partial charge is 0.508 e. The van der Waals surface area contributed by atoms with Gasteiger partial charge in [0, 0.05) is 13.2 Å². The summed E-state index contributed by atoms with van der Waals surface area (Å²) >= 11 is 0. The molecule has 0 aromatic heterocycles. The second-order valence-electron chi connectivity index (χ2n) is 12.5. The van der Waals surface area contributed by atoms with Crippen molar-refractivity contribution in [2.24, 2.45) is 0 Å². The van der Waals surface area contributed by atoms with Crippen LogP contribution in [0.3, 0.4) is 0 Å². The van der Waals surface area contributed by atoms with Crippen molar-refractivity contribution in [1.29, 1.82) is 0 Å². The first kappa shape index (κ1) is 36.0. The molecule has 0 amide bonds. The molecule has 11 heteroatoms. The van der Waals surface area contributed by atoms with Crippen LogP contribution in [0.1, 0.15) is 51.4 Å². The van der Waals surface area contributed by atoms with E-state index >= 15 is 0 Å². The van der Waals surface area contributed by atoms with Crippen LogP contribution in [0.4, 0.5) is 4.79 Å². The lowest BCUT2D eigenvalue weighted by molar-refractivity contribution is 0.0535. The number of rotatable bonds is 22. The summed E-state index contributed by atoms with van der Waals surface area (Å²) in [5.41, 5.74) is 0. The number of unbranched alkanes of at least 4 members (excludes halogenated alkanes) is 4. The number of carbonyl (C=O) groups excluding carboxylic acids is 1. The normalized spacial score (nSPS) is 13.2. The van der Waals surface area contributed by atoms with Gasteiger partial charge in [-0.15, -0.1) is 0 Å². The Balaban J connectivity index is 3.96. The highest BCUT2D eigenvalue weighted by Gasteiger charge is 2.33. The molecule has 0 unspecified atom stereocenters. The van der Waals surface area contributed by atoms with Gasteiger partial charge in [0.2, 0.25) is 0 Å². The first-order valence-electron chi connectivity index (χ1n) is 14.1. The van der Waals surface area contributed by atoms with Crippen molar-refractivity contribution < 1.29 is 32.7 Å². The van der Waals surface area contributed by atoms with E-state index in [-0.39, 0.29) is 13.2 Å². The Morgan fingerprint density at radius 3 is 1.06 bits per heavy atom. The maximum atomic E-state index is 11.9. The molecule has 0 rings (SSSR count). The van der Waals surface area contributed by atoms with Gasteiger partial charge in [-0.05, 0) is 102 Å². The van der Waals surface area contributed by atoms with Gasteiger partial charge in [0.1, 0.15) is 0 Å². The van der Waals surface area contributed by atoms with Crippen LogP contribution in [0.25, 0.3) is 0 Å². The molecule has 0 atom stereocenters. The van der Waals surface area contributed by atoms with E-state index < -0.39 is 39.4 Å². The van der Waals surface area contributed by atoms with Crippen molar-refractivity contribution in [1.82, 2.24) is 0 Å². The van der Waals surface area contributed by atoms with Crippen molar-refractivity contribution in [2.75, 3.05) is 26.4 Å². The summed E-state index contributed by atoms with van der Waals surface area (Å²) in [7, 11) is -6.83. The van der Waals surface area contributed by atoms with E-state index in [1.165, 1.54) is 0 Å². The summed E-state index contributed by atoms with van der Waals surface area (Å²) in [5.74, 6) is 0. The monoisotopic (exact) mass is 582 g/mol. The number of aliphatic hydroxyl groups is 2. The molecule has 0 aliphatic carbocycles. The maximum absolute atomic E-state index is 11.9. The van der Waals surface area contributed by atoms with E-state index in [4.69, 9.17) is 27.9 Å². The topological polar surface area (TPSA) is 94.5 Å². The fourth-order valence-corrected chi connectivity index (χ4v) is 22.7. The van der Waals surface area contributed by atoms with E-state index in [2.05, 4.69) is 52.4 Å². The zero-order valence-electron chi connectivity index (χ0n) is 24.7. The summed E-state index contributed by atoms with van der Waals surface area (Å²) in [5, 5.41) is 18.0. The van der Waals surface area contributed by atoms with Crippen molar-refractivity contribution in [3.63, 3.8) is 0 Å². The second-order valence-corrected chi connectivity index (χ2v) is 30.2. The van der Waals surface area contributed by atoms with Gasteiger partial charge >= 0.3 is 6.16 Å². The third-order valence-corrected chi connectivity index (χ3v) is 21.3. The number of aliphatic hydroxyl groups excluding tert-OH is 2. The minimum atomic E-state index is -1.73. The molecule has 0 saturated carbocycles. The molecule has 0 bridgehead atoms. The van der Waals surface area contributed by atoms with Crippen LogP contribution in [0.5, 0.6) is 0 Å². The lowest BCUT2D eigenvalue weighted by Gasteiger charge is -2.34. The Labute approximate surface area is 226 Å². The van der Waals surface area contributed by atoms with Crippen molar-refractivity contribution in [3.05, 3.63) is 0 Å². The molecule has 0 aromatic carbocycles. The van der Waals surface area contributed by atoms with E-state index in [0.29, 0.717) is 13.2 Å². The summed E-state index contributed by atoms with van der Waals surface area (Å²) in [6, 6.07) is 4.31. The summed E-state index contributed by atoms with van der Waals surface area (Å²) in [6.45, 7) is 19.5. The van der Waals surface area contributed by atoms with E-state index in [0.717, 1.165) is 75.5 Å². The smallest absolute Gasteiger partial charge is 0.455 e. The number of ether oxygens (including phenoxy) is 2. The van der Waals surface area contributed by atoms with Crippen molar-refractivity contribution in [3.8, 4) is 0 Å². The minimum Gasteiger partial charge on any atom is -0.455 e. The van der Waals surface area contributed by atoms with Gasteiger partial charge in [-0.25, -0.2) is 4.79 Å². The highest BCUT2D eigenvalue weighted by atomic mass is 28.4. The third-order valence-electron chi connectivity index (χ3n) is 6.27. The van der Waals surface area contributed by atoms with E-state index in [1.807, 2.05) is 0 Å². The lowest BCUT2D eigenvalue weighted by Crippen LogP contribution is -2.44. The van der Waals surface area contributed by atoms with Gasteiger partial charge < -0.3 is 27.9 Å². The van der Waals surface area contributed by atoms with Crippen molar-refractivity contribution >= 4 is 39.4 Å². The fourth-order valence-electron chi connectivity index (χ4n) is 4.68. The molecule has 0 heterocycles. The molecule has 0 aliphatic heterocycles. The quantitative estimate of drug-likeness (QED) is 0.0798. The number of hydrogen-bond donors (Lipinski definition) is 2. The zero-order chi connectivity index (χ0) is 27.7. The van der Waals surface area contributed by atoms with E-state index in [1.54, 1.807) is 0 Å². The second kappa shape index (κ2) is 18.3. The Hall–Kier alpha value is -0.0225. The molecule has 0 fully saturated rings. The third kappa shape index (κ3) is 21.0. The van der Waals surface area contributed by atoms with Gasteiger partial charge in [-0.2, -0.15) is 0 Å².